The van der Waals surface area contributed by atoms with Crippen LogP contribution >= 0.6 is 0 Å². The number of hydrogen-bond acceptors (Lipinski definition) is 3. The van der Waals surface area contributed by atoms with Gasteiger partial charge in [0, 0.05) is 7.05 Å². The van der Waals surface area contributed by atoms with Crippen LogP contribution in [0.4, 0.5) is 0 Å². The van der Waals surface area contributed by atoms with Crippen molar-refractivity contribution < 1.29 is 9.53 Å². The molecule has 1 aliphatic heterocycles. The van der Waals surface area contributed by atoms with E-state index in [0.717, 1.165) is 19.6 Å². The predicted molar refractivity (Wildman–Crippen MR) is 55.1 cm³/mol. The molecule has 0 radical (unpaired) electrons. The second kappa shape index (κ2) is 5.32. The van der Waals surface area contributed by atoms with Crippen LogP contribution < -0.4 is 10.6 Å². The Balaban J connectivity index is 2.38. The normalized spacial score (nSPS) is 19.1. The Morgan fingerprint density at radius 3 is 2.50 bits per heavy atom. The molecule has 1 atom stereocenters. The molecule has 1 aliphatic rings. The van der Waals surface area contributed by atoms with E-state index in [-0.39, 0.29) is 11.9 Å². The van der Waals surface area contributed by atoms with Gasteiger partial charge in [-0.2, -0.15) is 0 Å². The molecule has 0 aromatic rings. The number of rotatable bonds is 5. The molecule has 0 aromatic heterocycles. The Hall–Kier alpha value is -0.610. The highest BCUT2D eigenvalue weighted by Gasteiger charge is 2.26. The van der Waals surface area contributed by atoms with Gasteiger partial charge in [-0.1, -0.05) is 13.8 Å². The third-order valence-electron chi connectivity index (χ3n) is 2.34. The van der Waals surface area contributed by atoms with Gasteiger partial charge in [0.15, 0.2) is 0 Å². The van der Waals surface area contributed by atoms with Crippen LogP contribution in [0.25, 0.3) is 0 Å². The summed E-state index contributed by atoms with van der Waals surface area (Å²) >= 11 is 0. The maximum Gasteiger partial charge on any atom is 0.236 e. The van der Waals surface area contributed by atoms with Crippen molar-refractivity contribution in [3.8, 4) is 0 Å². The van der Waals surface area contributed by atoms with Gasteiger partial charge >= 0.3 is 0 Å². The van der Waals surface area contributed by atoms with Crippen molar-refractivity contribution in [3.63, 3.8) is 0 Å². The van der Waals surface area contributed by atoms with Crippen molar-refractivity contribution in [1.82, 2.24) is 10.6 Å². The van der Waals surface area contributed by atoms with Crippen LogP contribution in [0.5, 0.6) is 0 Å². The van der Waals surface area contributed by atoms with Crippen molar-refractivity contribution in [2.24, 2.45) is 5.92 Å². The molecule has 1 heterocycles. The van der Waals surface area contributed by atoms with E-state index < -0.39 is 0 Å². The highest BCUT2D eigenvalue weighted by Crippen LogP contribution is 2.08. The van der Waals surface area contributed by atoms with Crippen molar-refractivity contribution in [2.45, 2.75) is 32.4 Å². The van der Waals surface area contributed by atoms with Crippen LogP contribution in [0.15, 0.2) is 0 Å². The third-order valence-corrected chi connectivity index (χ3v) is 2.34. The molecule has 1 rings (SSSR count). The van der Waals surface area contributed by atoms with Gasteiger partial charge in [0.05, 0.1) is 25.3 Å². The van der Waals surface area contributed by atoms with E-state index in [9.17, 15) is 4.79 Å². The lowest BCUT2D eigenvalue weighted by Crippen LogP contribution is -2.55. The summed E-state index contributed by atoms with van der Waals surface area (Å²) in [5.41, 5.74) is 0. The van der Waals surface area contributed by atoms with Gasteiger partial charge in [-0.25, -0.2) is 0 Å². The number of nitrogens with one attached hydrogen (secondary N) is 2. The van der Waals surface area contributed by atoms with Crippen LogP contribution in [0, 0.1) is 5.92 Å². The lowest BCUT2D eigenvalue weighted by atomic mass is 10.0. The Labute approximate surface area is 85.4 Å². The van der Waals surface area contributed by atoms with E-state index in [1.54, 1.807) is 7.05 Å². The number of ether oxygens (including phenoxy) is 1. The van der Waals surface area contributed by atoms with E-state index in [2.05, 4.69) is 24.5 Å². The van der Waals surface area contributed by atoms with Gasteiger partial charge in [-0.15, -0.1) is 0 Å². The van der Waals surface area contributed by atoms with Crippen LogP contribution in [0.2, 0.25) is 0 Å². The van der Waals surface area contributed by atoms with Crippen LogP contribution in [0.3, 0.4) is 0 Å². The quantitative estimate of drug-likeness (QED) is 0.663. The van der Waals surface area contributed by atoms with Gasteiger partial charge in [0.25, 0.3) is 0 Å². The Morgan fingerprint density at radius 2 is 2.14 bits per heavy atom. The molecule has 82 valence electrons. The van der Waals surface area contributed by atoms with Crippen molar-refractivity contribution in [2.75, 3.05) is 20.3 Å². The highest BCUT2D eigenvalue weighted by atomic mass is 16.5. The largest absolute Gasteiger partial charge is 0.378 e. The maximum atomic E-state index is 11.5. The molecule has 1 amide bonds. The molecule has 0 bridgehead atoms. The molecule has 0 spiro atoms. The van der Waals surface area contributed by atoms with Crippen molar-refractivity contribution in [3.05, 3.63) is 0 Å². The van der Waals surface area contributed by atoms with E-state index in [0.29, 0.717) is 12.0 Å². The third kappa shape index (κ3) is 3.27. The predicted octanol–water partition coefficient (Wildman–Crippen LogP) is 0.135. The van der Waals surface area contributed by atoms with E-state index in [4.69, 9.17) is 4.74 Å². The number of likely N-dealkylation sites (N-methyl/N-ethyl adjacent to an activating group) is 1. The molecule has 0 aliphatic carbocycles. The molecule has 1 unspecified atom stereocenters. The molecule has 2 N–H and O–H groups in total. The molecule has 14 heavy (non-hydrogen) atoms. The van der Waals surface area contributed by atoms with Gasteiger partial charge in [-0.05, 0) is 12.3 Å². The average molecular weight is 200 g/mol. The Morgan fingerprint density at radius 1 is 1.50 bits per heavy atom. The van der Waals surface area contributed by atoms with Crippen molar-refractivity contribution >= 4 is 5.91 Å². The van der Waals surface area contributed by atoms with Gasteiger partial charge in [0.1, 0.15) is 0 Å². The van der Waals surface area contributed by atoms with E-state index in [1.165, 1.54) is 0 Å². The van der Waals surface area contributed by atoms with E-state index >= 15 is 0 Å². The fourth-order valence-electron chi connectivity index (χ4n) is 1.51. The standard InChI is InChI=1S/C10H20N2O2/c1-7(2)4-9(10(13)11-3)12-8-5-14-6-8/h7-9,12H,4-6H2,1-3H3,(H,11,13). The summed E-state index contributed by atoms with van der Waals surface area (Å²) in [5.74, 6) is 0.594. The summed E-state index contributed by atoms with van der Waals surface area (Å²) in [6.07, 6.45) is 0.871. The molecule has 1 saturated heterocycles. The first kappa shape index (κ1) is 11.5. The smallest absolute Gasteiger partial charge is 0.236 e. The van der Waals surface area contributed by atoms with Crippen LogP contribution in [-0.4, -0.2) is 38.3 Å². The lowest BCUT2D eigenvalue weighted by molar-refractivity contribution is -0.124. The van der Waals surface area contributed by atoms with Crippen molar-refractivity contribution in [1.29, 1.82) is 0 Å². The lowest BCUT2D eigenvalue weighted by Gasteiger charge is -2.31. The number of carbonyl (C=O) groups excluding carboxylic acids is 1. The van der Waals surface area contributed by atoms with Crippen LogP contribution in [0.1, 0.15) is 20.3 Å². The zero-order chi connectivity index (χ0) is 10.6. The summed E-state index contributed by atoms with van der Waals surface area (Å²) in [5, 5.41) is 5.98. The molecule has 0 saturated carbocycles. The fraction of sp³-hybridized carbons (Fsp3) is 0.900. The first-order valence-corrected chi connectivity index (χ1v) is 5.19. The summed E-state index contributed by atoms with van der Waals surface area (Å²) in [7, 11) is 1.68. The molecule has 4 heteroatoms. The average Bonchev–Trinajstić information content (AvgIpc) is 2.07. The zero-order valence-electron chi connectivity index (χ0n) is 9.17. The van der Waals surface area contributed by atoms with Gasteiger partial charge in [-0.3, -0.25) is 10.1 Å². The van der Waals surface area contributed by atoms with Crippen LogP contribution in [-0.2, 0) is 9.53 Å². The topological polar surface area (TPSA) is 50.4 Å². The summed E-state index contributed by atoms with van der Waals surface area (Å²) < 4.78 is 5.06. The minimum atomic E-state index is -0.0751. The minimum Gasteiger partial charge on any atom is -0.378 e. The van der Waals surface area contributed by atoms with Gasteiger partial charge < -0.3 is 10.1 Å². The first-order valence-electron chi connectivity index (χ1n) is 5.19. The molecular formula is C10H20N2O2. The number of hydrogen-bond donors (Lipinski definition) is 2. The highest BCUT2D eigenvalue weighted by molar-refractivity contribution is 5.81. The monoisotopic (exact) mass is 200 g/mol. The number of amides is 1. The molecular weight excluding hydrogens is 180 g/mol. The van der Waals surface area contributed by atoms with E-state index in [1.807, 2.05) is 0 Å². The summed E-state index contributed by atoms with van der Waals surface area (Å²) in [6, 6.07) is 0.282. The Bertz CT molecular complexity index is 191. The molecule has 1 fully saturated rings. The second-order valence-electron chi connectivity index (χ2n) is 4.20. The SMILES string of the molecule is CNC(=O)C(CC(C)C)NC1COC1. The zero-order valence-corrected chi connectivity index (χ0v) is 9.17. The summed E-state index contributed by atoms with van der Waals surface area (Å²) in [4.78, 5) is 11.5. The number of carbonyl (C=O) groups is 1. The minimum absolute atomic E-state index is 0.0746. The second-order valence-corrected chi connectivity index (χ2v) is 4.20. The first-order chi connectivity index (χ1) is 6.63. The molecule has 0 aromatic carbocycles. The maximum absolute atomic E-state index is 11.5. The fourth-order valence-corrected chi connectivity index (χ4v) is 1.51. The summed E-state index contributed by atoms with van der Waals surface area (Å²) in [6.45, 7) is 5.70. The van der Waals surface area contributed by atoms with Gasteiger partial charge in [0.2, 0.25) is 5.91 Å². The molecule has 4 nitrogen and oxygen atoms in total. The Kier molecular flexibility index (Phi) is 4.35.